The van der Waals surface area contributed by atoms with E-state index < -0.39 is 29.7 Å². The van der Waals surface area contributed by atoms with Crippen molar-refractivity contribution in [3.05, 3.63) is 62.0 Å². The van der Waals surface area contributed by atoms with Crippen molar-refractivity contribution in [2.75, 3.05) is 26.9 Å². The summed E-state index contributed by atoms with van der Waals surface area (Å²) in [6, 6.07) is 2.87. The number of nitrogens with zero attached hydrogens (tertiary/aromatic N) is 3. The number of aliphatic carboxylic acids is 1. The number of aliphatic imine (C=N–C) groups is 1. The number of fused-ring (bicyclic) bond motifs is 2. The number of carboxylic acid groups (broad SMARTS) is 1. The van der Waals surface area contributed by atoms with E-state index in [1.807, 2.05) is 12.3 Å². The van der Waals surface area contributed by atoms with Gasteiger partial charge in [-0.05, 0) is 31.9 Å². The molecular formula is C25H26ClFN4O5S. The van der Waals surface area contributed by atoms with Crippen molar-refractivity contribution in [1.29, 1.82) is 0 Å². The zero-order valence-corrected chi connectivity index (χ0v) is 21.8. The average Bonchev–Trinajstić information content (AvgIpc) is 3.29. The number of carboxylic acids is 1. The fourth-order valence-corrected chi connectivity index (χ4v) is 6.24. The second-order valence-electron chi connectivity index (χ2n) is 9.37. The third-order valence-electron chi connectivity index (χ3n) is 6.97. The highest BCUT2D eigenvalue weighted by atomic mass is 35.5. The predicted molar refractivity (Wildman–Crippen MR) is 135 cm³/mol. The lowest BCUT2D eigenvalue weighted by molar-refractivity contribution is -0.150. The number of esters is 1. The third-order valence-corrected chi connectivity index (χ3v) is 8.27. The Kier molecular flexibility index (Phi) is 7.30. The molecule has 3 aliphatic rings. The minimum Gasteiger partial charge on any atom is -0.481 e. The fraction of sp³-hybridized carbons (Fsp3) is 0.440. The predicted octanol–water partition coefficient (Wildman–Crippen LogP) is 3.33. The van der Waals surface area contributed by atoms with Crippen LogP contribution in [0.15, 0.2) is 39.8 Å². The highest BCUT2D eigenvalue weighted by Gasteiger charge is 2.43. The van der Waals surface area contributed by atoms with Gasteiger partial charge in [-0.2, -0.15) is 0 Å². The number of methoxy groups -OCH3 is 1. The van der Waals surface area contributed by atoms with Gasteiger partial charge in [0.05, 0.1) is 31.8 Å². The lowest BCUT2D eigenvalue weighted by Gasteiger charge is -2.48. The number of thiazole rings is 1. The molecule has 1 aromatic heterocycles. The maximum Gasteiger partial charge on any atom is 0.338 e. The van der Waals surface area contributed by atoms with E-state index in [2.05, 4.69) is 15.2 Å². The summed E-state index contributed by atoms with van der Waals surface area (Å²) in [4.78, 5) is 36.4. The molecule has 0 radical (unpaired) electrons. The van der Waals surface area contributed by atoms with Crippen LogP contribution in [0.1, 0.15) is 35.1 Å². The number of aryl methyl sites for hydroxylation is 1. The van der Waals surface area contributed by atoms with E-state index in [-0.39, 0.29) is 22.7 Å². The van der Waals surface area contributed by atoms with E-state index in [1.54, 1.807) is 0 Å². The van der Waals surface area contributed by atoms with Crippen LogP contribution in [0.5, 0.6) is 0 Å². The summed E-state index contributed by atoms with van der Waals surface area (Å²) in [5, 5.41) is 15.6. The molecule has 9 nitrogen and oxygen atoms in total. The molecule has 37 heavy (non-hydrogen) atoms. The Morgan fingerprint density at radius 1 is 1.32 bits per heavy atom. The number of nitrogens with one attached hydrogen (secondary N) is 1. The van der Waals surface area contributed by atoms with Gasteiger partial charge in [0.25, 0.3) is 0 Å². The van der Waals surface area contributed by atoms with Crippen LogP contribution in [0, 0.1) is 18.7 Å². The Hall–Kier alpha value is -2.86. The molecule has 0 spiro atoms. The van der Waals surface area contributed by atoms with Crippen molar-refractivity contribution in [2.24, 2.45) is 10.9 Å². The Morgan fingerprint density at radius 2 is 2.05 bits per heavy atom. The van der Waals surface area contributed by atoms with Crippen LogP contribution in [0.4, 0.5) is 4.39 Å². The maximum atomic E-state index is 13.9. The van der Waals surface area contributed by atoms with Gasteiger partial charge in [0.1, 0.15) is 11.9 Å². The van der Waals surface area contributed by atoms with Gasteiger partial charge in [-0.1, -0.05) is 17.7 Å². The number of carbonyl (C=O) groups is 2. The molecule has 2 fully saturated rings. The van der Waals surface area contributed by atoms with E-state index in [1.165, 1.54) is 36.6 Å². The molecule has 3 atom stereocenters. The molecule has 1 aromatic carbocycles. The Bertz CT molecular complexity index is 1280. The molecule has 2 N–H and O–H groups in total. The van der Waals surface area contributed by atoms with Gasteiger partial charge in [0.15, 0.2) is 10.8 Å². The second kappa shape index (κ2) is 10.5. The number of ether oxygens (including phenoxy) is 2. The molecule has 3 unspecified atom stereocenters. The third kappa shape index (κ3) is 5.13. The quantitative estimate of drug-likeness (QED) is 0.529. The average molecular weight is 549 g/mol. The second-order valence-corrected chi connectivity index (χ2v) is 10.6. The maximum absolute atomic E-state index is 13.9. The van der Waals surface area contributed by atoms with Crippen molar-refractivity contribution < 1.29 is 28.6 Å². The lowest BCUT2D eigenvalue weighted by Crippen LogP contribution is -2.59. The summed E-state index contributed by atoms with van der Waals surface area (Å²) < 4.78 is 24.8. The van der Waals surface area contributed by atoms with Crippen LogP contribution in [0.2, 0.25) is 5.02 Å². The zero-order valence-electron chi connectivity index (χ0n) is 20.2. The number of rotatable bonds is 6. The van der Waals surface area contributed by atoms with Crippen LogP contribution in [-0.4, -0.2) is 71.7 Å². The molecule has 12 heteroatoms. The molecule has 4 heterocycles. The van der Waals surface area contributed by atoms with Crippen LogP contribution in [-0.2, 0) is 19.1 Å². The summed E-state index contributed by atoms with van der Waals surface area (Å²) in [5.74, 6) is -1.87. The monoisotopic (exact) mass is 548 g/mol. The van der Waals surface area contributed by atoms with Gasteiger partial charge >= 0.3 is 11.9 Å². The first kappa shape index (κ1) is 25.8. The first-order chi connectivity index (χ1) is 17.7. The highest BCUT2D eigenvalue weighted by Crippen LogP contribution is 2.38. The van der Waals surface area contributed by atoms with E-state index >= 15 is 0 Å². The molecular weight excluding hydrogens is 523 g/mol. The summed E-state index contributed by atoms with van der Waals surface area (Å²) in [6.07, 6.45) is 0.902. The number of halogens is 2. The van der Waals surface area contributed by atoms with Crippen LogP contribution in [0.25, 0.3) is 0 Å². The standard InChI is InChI=1S/C25H26ClFN4O5S/c1-12-11-37-23(28-12)22-29-19(8-31-15-5-13(24(32)33)6-16(31)10-36-9-15)20(25(34)35-2)21(30-22)17-4-3-14(27)7-18(17)26/h3-4,7,11,13,15-16,21H,5-6,8-10H2,1-2H3,(H,29,30)(H,32,33). The topological polar surface area (TPSA) is 113 Å². The molecule has 2 bridgehead atoms. The number of piperidine rings is 1. The van der Waals surface area contributed by atoms with Crippen molar-refractivity contribution in [3.8, 4) is 0 Å². The smallest absolute Gasteiger partial charge is 0.338 e. The molecule has 196 valence electrons. The highest BCUT2D eigenvalue weighted by molar-refractivity contribution is 7.11. The summed E-state index contributed by atoms with van der Waals surface area (Å²) in [7, 11) is 1.29. The molecule has 3 aliphatic heterocycles. The normalized spacial score (nSPS) is 25.9. The molecule has 0 amide bonds. The largest absolute Gasteiger partial charge is 0.481 e. The van der Waals surface area contributed by atoms with Gasteiger partial charge < -0.3 is 19.9 Å². The Labute approximate surface area is 221 Å². The number of morpholine rings is 1. The van der Waals surface area contributed by atoms with Gasteiger partial charge in [0.2, 0.25) is 0 Å². The van der Waals surface area contributed by atoms with Crippen LogP contribution in [0.3, 0.4) is 0 Å². The van der Waals surface area contributed by atoms with Crippen molar-refractivity contribution >= 4 is 40.7 Å². The first-order valence-corrected chi connectivity index (χ1v) is 13.1. The number of hydrogen-bond acceptors (Lipinski definition) is 9. The van der Waals surface area contributed by atoms with E-state index in [0.717, 1.165) is 5.69 Å². The molecule has 0 aliphatic carbocycles. The summed E-state index contributed by atoms with van der Waals surface area (Å²) >= 11 is 7.85. The zero-order chi connectivity index (χ0) is 26.3. The minimum absolute atomic E-state index is 0.126. The van der Waals surface area contributed by atoms with E-state index in [9.17, 15) is 19.1 Å². The molecule has 0 saturated carbocycles. The number of aromatic nitrogens is 1. The molecule has 2 aromatic rings. The van der Waals surface area contributed by atoms with Gasteiger partial charge in [0, 0.05) is 46.0 Å². The minimum atomic E-state index is -0.858. The lowest BCUT2D eigenvalue weighted by atomic mass is 9.84. The summed E-state index contributed by atoms with van der Waals surface area (Å²) in [6.45, 7) is 3.00. The van der Waals surface area contributed by atoms with Crippen molar-refractivity contribution in [1.82, 2.24) is 15.2 Å². The van der Waals surface area contributed by atoms with E-state index in [4.69, 9.17) is 26.1 Å². The number of carbonyl (C=O) groups excluding carboxylic acids is 1. The van der Waals surface area contributed by atoms with Crippen LogP contribution >= 0.6 is 22.9 Å². The Balaban J connectivity index is 1.58. The van der Waals surface area contributed by atoms with Gasteiger partial charge in [-0.3, -0.25) is 14.7 Å². The number of benzene rings is 1. The SMILES string of the molecule is COC(=O)C1=C(CN2C3COCC2CC(C(=O)O)C3)NC(c2nc(C)cs2)=NC1c1ccc(F)cc1Cl. The van der Waals surface area contributed by atoms with E-state index in [0.29, 0.717) is 54.7 Å². The van der Waals surface area contributed by atoms with Crippen molar-refractivity contribution in [3.63, 3.8) is 0 Å². The Morgan fingerprint density at radius 3 is 2.65 bits per heavy atom. The fourth-order valence-electron chi connectivity index (χ4n) is 5.22. The van der Waals surface area contributed by atoms with Gasteiger partial charge in [-0.15, -0.1) is 11.3 Å². The van der Waals surface area contributed by atoms with Crippen LogP contribution < -0.4 is 5.32 Å². The first-order valence-electron chi connectivity index (χ1n) is 11.8. The molecule has 5 rings (SSSR count). The van der Waals surface area contributed by atoms with Gasteiger partial charge in [-0.25, -0.2) is 14.2 Å². The number of amidine groups is 1. The summed E-state index contributed by atoms with van der Waals surface area (Å²) in [5.41, 5.74) is 2.10. The van der Waals surface area contributed by atoms with Crippen molar-refractivity contribution in [2.45, 2.75) is 37.9 Å². The molecule has 2 saturated heterocycles. The number of hydrogen-bond donors (Lipinski definition) is 2.